The Balaban J connectivity index is 2.27. The lowest BCUT2D eigenvalue weighted by Crippen LogP contribution is -2.11. The molecule has 0 aliphatic carbocycles. The fourth-order valence-electron chi connectivity index (χ4n) is 2.06. The Morgan fingerprint density at radius 3 is 2.55 bits per heavy atom. The highest BCUT2D eigenvalue weighted by atomic mass is 79.9. The van der Waals surface area contributed by atoms with Crippen molar-refractivity contribution in [2.45, 2.75) is 11.8 Å². The Morgan fingerprint density at radius 1 is 1.15 bits per heavy atom. The standard InChI is InChI=1S/C15H11BrNO2S/c1-11-6-8-12(9-7-11)20(18,19)17-10-14(16)13-4-2-3-5-15(13)17/h2-3,5-10H,1H3. The zero-order chi connectivity index (χ0) is 14.3. The van der Waals surface area contributed by atoms with Gasteiger partial charge in [0.05, 0.1) is 10.4 Å². The lowest BCUT2D eigenvalue weighted by Gasteiger charge is -2.07. The summed E-state index contributed by atoms with van der Waals surface area (Å²) in [6, 6.07) is 15.2. The number of benzene rings is 2. The minimum Gasteiger partial charge on any atom is -0.240 e. The van der Waals surface area contributed by atoms with Gasteiger partial charge in [0, 0.05) is 16.1 Å². The number of aromatic nitrogens is 1. The van der Waals surface area contributed by atoms with Crippen molar-refractivity contribution in [3.63, 3.8) is 0 Å². The van der Waals surface area contributed by atoms with Crippen LogP contribution in [0, 0.1) is 13.0 Å². The molecule has 1 aromatic heterocycles. The van der Waals surface area contributed by atoms with Crippen molar-refractivity contribution in [2.75, 3.05) is 0 Å². The largest absolute Gasteiger partial charge is 0.268 e. The Morgan fingerprint density at radius 2 is 1.85 bits per heavy atom. The molecule has 0 aliphatic heterocycles. The normalized spacial score (nSPS) is 11.9. The van der Waals surface area contributed by atoms with Gasteiger partial charge in [0.1, 0.15) is 0 Å². The monoisotopic (exact) mass is 348 g/mol. The van der Waals surface area contributed by atoms with E-state index in [1.807, 2.05) is 6.92 Å². The van der Waals surface area contributed by atoms with E-state index < -0.39 is 10.0 Å². The van der Waals surface area contributed by atoms with Crippen molar-refractivity contribution in [3.05, 3.63) is 64.8 Å². The number of rotatable bonds is 2. The summed E-state index contributed by atoms with van der Waals surface area (Å²) in [6.45, 7) is 1.92. The topological polar surface area (TPSA) is 39.1 Å². The van der Waals surface area contributed by atoms with Crippen LogP contribution in [-0.4, -0.2) is 12.4 Å². The van der Waals surface area contributed by atoms with E-state index in [0.717, 1.165) is 10.9 Å². The van der Waals surface area contributed by atoms with Crippen molar-refractivity contribution in [1.29, 1.82) is 0 Å². The van der Waals surface area contributed by atoms with Crippen molar-refractivity contribution in [2.24, 2.45) is 0 Å². The maximum absolute atomic E-state index is 12.7. The van der Waals surface area contributed by atoms with Crippen LogP contribution in [0.5, 0.6) is 0 Å². The van der Waals surface area contributed by atoms with Crippen molar-refractivity contribution < 1.29 is 8.42 Å². The van der Waals surface area contributed by atoms with Gasteiger partial charge in [0.25, 0.3) is 10.0 Å². The lowest BCUT2D eigenvalue weighted by atomic mass is 10.2. The molecule has 3 nitrogen and oxygen atoms in total. The molecule has 1 radical (unpaired) electrons. The van der Waals surface area contributed by atoms with Gasteiger partial charge in [-0.3, -0.25) is 0 Å². The van der Waals surface area contributed by atoms with Gasteiger partial charge in [-0.25, -0.2) is 12.4 Å². The van der Waals surface area contributed by atoms with Gasteiger partial charge in [-0.1, -0.05) is 29.8 Å². The molecule has 0 bridgehead atoms. The molecule has 0 fully saturated rings. The summed E-state index contributed by atoms with van der Waals surface area (Å²) < 4.78 is 27.4. The van der Waals surface area contributed by atoms with Crippen LogP contribution in [0.2, 0.25) is 0 Å². The van der Waals surface area contributed by atoms with Crippen molar-refractivity contribution >= 4 is 36.9 Å². The first kappa shape index (κ1) is 13.4. The van der Waals surface area contributed by atoms with Crippen LogP contribution >= 0.6 is 15.9 Å². The number of halogens is 1. The van der Waals surface area contributed by atoms with Gasteiger partial charge in [-0.05, 0) is 47.1 Å². The number of hydrogen-bond donors (Lipinski definition) is 0. The highest BCUT2D eigenvalue weighted by Crippen LogP contribution is 2.29. The quantitative estimate of drug-likeness (QED) is 0.707. The van der Waals surface area contributed by atoms with Gasteiger partial charge in [0.2, 0.25) is 0 Å². The van der Waals surface area contributed by atoms with E-state index in [1.54, 1.807) is 48.7 Å². The van der Waals surface area contributed by atoms with Crippen LogP contribution in [-0.2, 0) is 10.0 Å². The molecule has 0 N–H and O–H groups in total. The zero-order valence-electron chi connectivity index (χ0n) is 10.7. The molecule has 0 saturated heterocycles. The predicted molar refractivity (Wildman–Crippen MR) is 82.2 cm³/mol. The molecular weight excluding hydrogens is 338 g/mol. The van der Waals surface area contributed by atoms with Crippen LogP contribution in [0.3, 0.4) is 0 Å². The first-order valence-electron chi connectivity index (χ1n) is 5.99. The van der Waals surface area contributed by atoms with E-state index in [4.69, 9.17) is 0 Å². The van der Waals surface area contributed by atoms with Gasteiger partial charge in [-0.15, -0.1) is 0 Å². The average molecular weight is 349 g/mol. The summed E-state index contributed by atoms with van der Waals surface area (Å²) >= 11 is 3.38. The predicted octanol–water partition coefficient (Wildman–Crippen LogP) is 3.75. The fourth-order valence-corrected chi connectivity index (χ4v) is 4.08. The molecule has 5 heteroatoms. The Kier molecular flexibility index (Phi) is 3.18. The Labute approximate surface area is 126 Å². The van der Waals surface area contributed by atoms with Gasteiger partial charge < -0.3 is 0 Å². The minimum absolute atomic E-state index is 0.274. The smallest absolute Gasteiger partial charge is 0.240 e. The molecule has 3 aromatic rings. The molecular formula is C15H11BrNO2S. The molecule has 101 valence electrons. The van der Waals surface area contributed by atoms with Crippen LogP contribution in [0.15, 0.2) is 58.0 Å². The van der Waals surface area contributed by atoms with Crippen molar-refractivity contribution in [1.82, 2.24) is 3.97 Å². The summed E-state index contributed by atoms with van der Waals surface area (Å²) in [5.74, 6) is 0. The lowest BCUT2D eigenvalue weighted by molar-refractivity contribution is 0.589. The number of hydrogen-bond acceptors (Lipinski definition) is 2. The van der Waals surface area contributed by atoms with E-state index in [-0.39, 0.29) is 4.90 Å². The Hall–Kier alpha value is -1.59. The molecule has 0 aliphatic rings. The first-order valence-corrected chi connectivity index (χ1v) is 8.23. The second kappa shape index (κ2) is 4.75. The highest BCUT2D eigenvalue weighted by Gasteiger charge is 2.20. The summed E-state index contributed by atoms with van der Waals surface area (Å²) in [5, 5.41) is 0.753. The zero-order valence-corrected chi connectivity index (χ0v) is 13.1. The van der Waals surface area contributed by atoms with Gasteiger partial charge in [0.15, 0.2) is 0 Å². The van der Waals surface area contributed by atoms with E-state index in [2.05, 4.69) is 22.0 Å². The van der Waals surface area contributed by atoms with E-state index in [1.165, 1.54) is 3.97 Å². The van der Waals surface area contributed by atoms with Crippen molar-refractivity contribution in [3.8, 4) is 0 Å². The second-order valence-corrected chi connectivity index (χ2v) is 7.19. The molecule has 1 heterocycles. The molecule has 0 unspecified atom stereocenters. The number of nitrogens with zero attached hydrogens (tertiary/aromatic N) is 1. The fraction of sp³-hybridized carbons (Fsp3) is 0.0667. The number of aryl methyl sites for hydroxylation is 1. The van der Waals surface area contributed by atoms with Crippen LogP contribution in [0.4, 0.5) is 0 Å². The molecule has 20 heavy (non-hydrogen) atoms. The first-order chi connectivity index (χ1) is 9.50. The van der Waals surface area contributed by atoms with Gasteiger partial charge >= 0.3 is 0 Å². The van der Waals surface area contributed by atoms with Gasteiger partial charge in [-0.2, -0.15) is 0 Å². The minimum atomic E-state index is -3.59. The molecule has 0 spiro atoms. The summed E-state index contributed by atoms with van der Waals surface area (Å²) in [6.07, 6.45) is 1.57. The van der Waals surface area contributed by atoms with E-state index in [9.17, 15) is 8.42 Å². The molecule has 0 amide bonds. The summed E-state index contributed by atoms with van der Waals surface area (Å²) in [5.41, 5.74) is 1.63. The second-order valence-electron chi connectivity index (χ2n) is 4.52. The van der Waals surface area contributed by atoms with Crippen LogP contribution in [0.1, 0.15) is 5.56 Å². The summed E-state index contributed by atoms with van der Waals surface area (Å²) in [4.78, 5) is 0.274. The van der Waals surface area contributed by atoms with E-state index >= 15 is 0 Å². The third kappa shape index (κ3) is 2.07. The van der Waals surface area contributed by atoms with Crippen LogP contribution < -0.4 is 0 Å². The maximum Gasteiger partial charge on any atom is 0.268 e. The summed E-state index contributed by atoms with van der Waals surface area (Å²) in [7, 11) is -3.59. The maximum atomic E-state index is 12.7. The Bertz CT molecular complexity index is 880. The van der Waals surface area contributed by atoms with Crippen LogP contribution in [0.25, 0.3) is 10.9 Å². The number of fused-ring (bicyclic) bond motifs is 1. The third-order valence-electron chi connectivity index (χ3n) is 3.12. The van der Waals surface area contributed by atoms with E-state index in [0.29, 0.717) is 9.99 Å². The highest BCUT2D eigenvalue weighted by molar-refractivity contribution is 9.10. The molecule has 0 saturated carbocycles. The molecule has 3 rings (SSSR count). The molecule has 0 atom stereocenters. The third-order valence-corrected chi connectivity index (χ3v) is 5.41. The SMILES string of the molecule is Cc1ccc(S(=O)(=O)n2cc(Br)c3[c]cccc32)cc1. The average Bonchev–Trinajstić information content (AvgIpc) is 2.78. The molecule has 2 aromatic carbocycles.